The largest absolute Gasteiger partial charge is 0.357 e. The Morgan fingerprint density at radius 1 is 1.16 bits per heavy atom. The minimum Gasteiger partial charge on any atom is -0.357 e. The number of carbonyl (C=O) groups is 1. The van der Waals surface area contributed by atoms with Gasteiger partial charge >= 0.3 is 0 Å². The monoisotopic (exact) mass is 429 g/mol. The normalized spacial score (nSPS) is 15.3. The molecule has 2 aromatic carbocycles. The smallest absolute Gasteiger partial charge is 0.267 e. The molecule has 3 N–H and O–H groups in total. The van der Waals surface area contributed by atoms with E-state index in [-0.39, 0.29) is 5.41 Å². The van der Waals surface area contributed by atoms with Crippen molar-refractivity contribution in [3.63, 3.8) is 0 Å². The van der Waals surface area contributed by atoms with Crippen LogP contribution in [0.2, 0.25) is 0 Å². The molecule has 166 valence electrons. The van der Waals surface area contributed by atoms with E-state index in [0.717, 1.165) is 31.6 Å². The van der Waals surface area contributed by atoms with Gasteiger partial charge in [-0.1, -0.05) is 69.3 Å². The van der Waals surface area contributed by atoms with Gasteiger partial charge in [0.25, 0.3) is 5.91 Å². The van der Waals surface area contributed by atoms with Crippen molar-refractivity contribution in [1.82, 2.24) is 15.4 Å². The molecule has 0 aliphatic carbocycles. The van der Waals surface area contributed by atoms with Crippen molar-refractivity contribution in [2.45, 2.75) is 39.2 Å². The number of hydrogen-bond acceptors (Lipinski definition) is 3. The third-order valence-corrected chi connectivity index (χ3v) is 5.93. The molecule has 1 aromatic heterocycles. The lowest BCUT2D eigenvalue weighted by atomic mass is 9.85. The molecule has 5 heteroatoms. The molecule has 0 fully saturated rings. The van der Waals surface area contributed by atoms with Crippen molar-refractivity contribution >= 4 is 28.5 Å². The standard InChI is InChI=1S/C27H31N3O2/c1-27(2,3)26-25(22-8-4-5-9-23(22)28-26)21-7-6-16-30(18-21)17-20-12-10-19(11-13-20)14-15-24(31)29-32/h4-5,7-15,28,32H,6,16-18H2,1-3H3,(H,29,31)/b15-14+. The lowest BCUT2D eigenvalue weighted by Crippen LogP contribution is -2.29. The molecule has 0 atom stereocenters. The van der Waals surface area contributed by atoms with E-state index < -0.39 is 5.91 Å². The summed E-state index contributed by atoms with van der Waals surface area (Å²) in [4.78, 5) is 17.3. The van der Waals surface area contributed by atoms with E-state index in [1.165, 1.54) is 39.4 Å². The first-order chi connectivity index (χ1) is 15.3. The molecule has 3 aromatic rings. The topological polar surface area (TPSA) is 68.4 Å². The fourth-order valence-electron chi connectivity index (χ4n) is 4.36. The van der Waals surface area contributed by atoms with Crippen LogP contribution < -0.4 is 5.48 Å². The van der Waals surface area contributed by atoms with Gasteiger partial charge in [-0.3, -0.25) is 14.9 Å². The number of nitrogens with one attached hydrogen (secondary N) is 2. The van der Waals surface area contributed by atoms with Gasteiger partial charge in [0.15, 0.2) is 0 Å². The molecule has 0 saturated heterocycles. The van der Waals surface area contributed by atoms with E-state index in [4.69, 9.17) is 5.21 Å². The zero-order chi connectivity index (χ0) is 22.7. The summed E-state index contributed by atoms with van der Waals surface area (Å²) < 4.78 is 0. The minimum absolute atomic E-state index is 0.0355. The first-order valence-corrected chi connectivity index (χ1v) is 11.1. The highest BCUT2D eigenvalue weighted by molar-refractivity contribution is 5.95. The second-order valence-electron chi connectivity index (χ2n) is 9.45. The second-order valence-corrected chi connectivity index (χ2v) is 9.45. The fourth-order valence-corrected chi connectivity index (χ4v) is 4.36. The van der Waals surface area contributed by atoms with Crippen molar-refractivity contribution in [3.8, 4) is 0 Å². The fraction of sp³-hybridized carbons (Fsp3) is 0.296. The van der Waals surface area contributed by atoms with E-state index in [1.807, 2.05) is 12.1 Å². The Balaban J connectivity index is 1.53. The first kappa shape index (κ1) is 22.1. The van der Waals surface area contributed by atoms with Crippen LogP contribution >= 0.6 is 0 Å². The molecule has 0 unspecified atom stereocenters. The van der Waals surface area contributed by atoms with Gasteiger partial charge in [0.05, 0.1) is 0 Å². The molecule has 32 heavy (non-hydrogen) atoms. The molecule has 0 spiro atoms. The molecular weight excluding hydrogens is 398 g/mol. The number of carbonyl (C=O) groups excluding carboxylic acids is 1. The number of hydrogen-bond donors (Lipinski definition) is 3. The maximum Gasteiger partial charge on any atom is 0.267 e. The SMILES string of the molecule is CC(C)(C)c1[nH]c2ccccc2c1C1=CCCN(Cc2ccc(/C=C/C(=O)NO)cc2)C1. The average Bonchev–Trinajstić information content (AvgIpc) is 3.19. The number of H-pyrrole nitrogens is 1. The molecule has 4 rings (SSSR count). The Morgan fingerprint density at radius 2 is 1.91 bits per heavy atom. The molecule has 5 nitrogen and oxygen atoms in total. The van der Waals surface area contributed by atoms with Crippen molar-refractivity contribution in [3.05, 3.63) is 83.1 Å². The van der Waals surface area contributed by atoms with Gasteiger partial charge in [-0.25, -0.2) is 5.48 Å². The molecule has 2 heterocycles. The van der Waals surface area contributed by atoms with Crippen LogP contribution in [0.4, 0.5) is 0 Å². The van der Waals surface area contributed by atoms with E-state index in [9.17, 15) is 4.79 Å². The Labute approximate surface area is 189 Å². The van der Waals surface area contributed by atoms with Crippen LogP contribution in [0.1, 0.15) is 49.6 Å². The van der Waals surface area contributed by atoms with Crippen LogP contribution in [0.3, 0.4) is 0 Å². The zero-order valence-electron chi connectivity index (χ0n) is 19.0. The summed E-state index contributed by atoms with van der Waals surface area (Å²) in [5.74, 6) is -0.534. The third kappa shape index (κ3) is 4.85. The van der Waals surface area contributed by atoms with E-state index >= 15 is 0 Å². The van der Waals surface area contributed by atoms with Crippen molar-refractivity contribution in [1.29, 1.82) is 0 Å². The predicted octanol–water partition coefficient (Wildman–Crippen LogP) is 5.27. The van der Waals surface area contributed by atoms with E-state index in [1.54, 1.807) is 11.6 Å². The number of para-hydroxylation sites is 1. The maximum atomic E-state index is 11.1. The number of nitrogens with zero attached hydrogens (tertiary/aromatic N) is 1. The summed E-state index contributed by atoms with van der Waals surface area (Å²) in [6.45, 7) is 9.64. The van der Waals surface area contributed by atoms with Gasteiger partial charge in [0, 0.05) is 53.3 Å². The molecule has 1 aliphatic heterocycles. The summed E-state index contributed by atoms with van der Waals surface area (Å²) in [7, 11) is 0. The third-order valence-electron chi connectivity index (χ3n) is 5.93. The lowest BCUT2D eigenvalue weighted by Gasteiger charge is -2.29. The van der Waals surface area contributed by atoms with E-state index in [2.05, 4.69) is 73.1 Å². The second kappa shape index (κ2) is 9.15. The van der Waals surface area contributed by atoms with Gasteiger partial charge in [0.2, 0.25) is 0 Å². The Kier molecular flexibility index (Phi) is 6.31. The van der Waals surface area contributed by atoms with Gasteiger partial charge in [-0.05, 0) is 35.3 Å². The highest BCUT2D eigenvalue weighted by Gasteiger charge is 2.26. The van der Waals surface area contributed by atoms with Crippen molar-refractivity contribution in [2.75, 3.05) is 13.1 Å². The summed E-state index contributed by atoms with van der Waals surface area (Å²) in [6, 6.07) is 16.8. The summed E-state index contributed by atoms with van der Waals surface area (Å²) in [6.07, 6.45) is 6.43. The quantitative estimate of drug-likeness (QED) is 0.294. The molecule has 0 saturated carbocycles. The van der Waals surface area contributed by atoms with Crippen LogP contribution in [-0.2, 0) is 16.8 Å². The van der Waals surface area contributed by atoms with Gasteiger partial charge in [-0.15, -0.1) is 0 Å². The zero-order valence-corrected chi connectivity index (χ0v) is 19.0. The number of benzene rings is 2. The van der Waals surface area contributed by atoms with Crippen LogP contribution in [0.15, 0.2) is 60.7 Å². The van der Waals surface area contributed by atoms with Gasteiger partial charge < -0.3 is 4.98 Å². The van der Waals surface area contributed by atoms with Gasteiger partial charge in [0.1, 0.15) is 0 Å². The van der Waals surface area contributed by atoms with E-state index in [0.29, 0.717) is 0 Å². The van der Waals surface area contributed by atoms with Crippen LogP contribution in [0.25, 0.3) is 22.6 Å². The number of hydroxylamine groups is 1. The number of amides is 1. The highest BCUT2D eigenvalue weighted by atomic mass is 16.5. The predicted molar refractivity (Wildman–Crippen MR) is 130 cm³/mol. The maximum absolute atomic E-state index is 11.1. The van der Waals surface area contributed by atoms with Crippen LogP contribution in [0.5, 0.6) is 0 Å². The number of fused-ring (bicyclic) bond motifs is 1. The lowest BCUT2D eigenvalue weighted by molar-refractivity contribution is -0.124. The van der Waals surface area contributed by atoms with Crippen molar-refractivity contribution < 1.29 is 10.0 Å². The van der Waals surface area contributed by atoms with Crippen LogP contribution in [0, 0.1) is 0 Å². The number of aromatic amines is 1. The highest BCUT2D eigenvalue weighted by Crippen LogP contribution is 2.37. The Hall–Kier alpha value is -3.15. The number of rotatable bonds is 5. The Bertz CT molecular complexity index is 1160. The van der Waals surface area contributed by atoms with Gasteiger partial charge in [-0.2, -0.15) is 0 Å². The van der Waals surface area contributed by atoms with Crippen LogP contribution in [-0.4, -0.2) is 34.1 Å². The first-order valence-electron chi connectivity index (χ1n) is 11.1. The Morgan fingerprint density at radius 3 is 2.62 bits per heavy atom. The summed E-state index contributed by atoms with van der Waals surface area (Å²) in [5, 5.41) is 9.89. The molecular formula is C27H31N3O2. The average molecular weight is 430 g/mol. The molecule has 1 amide bonds. The van der Waals surface area contributed by atoms with Crippen molar-refractivity contribution in [2.24, 2.45) is 0 Å². The summed E-state index contributed by atoms with van der Waals surface area (Å²) >= 11 is 0. The molecule has 1 aliphatic rings. The summed E-state index contributed by atoms with van der Waals surface area (Å²) in [5.41, 5.74) is 9.06. The molecule has 0 radical (unpaired) electrons. The molecule has 0 bridgehead atoms. The minimum atomic E-state index is -0.534. The number of aromatic nitrogens is 1.